The Balaban J connectivity index is 1.94. The predicted molar refractivity (Wildman–Crippen MR) is 75.4 cm³/mol. The number of carbonyl (C=O) groups is 1. The van der Waals surface area contributed by atoms with Crippen LogP contribution in [0.2, 0.25) is 5.22 Å². The van der Waals surface area contributed by atoms with Gasteiger partial charge in [-0.2, -0.15) is 11.8 Å². The molecule has 0 radical (unpaired) electrons. The zero-order valence-corrected chi connectivity index (χ0v) is 12.1. The van der Waals surface area contributed by atoms with E-state index in [1.54, 1.807) is 6.07 Å². The van der Waals surface area contributed by atoms with E-state index in [9.17, 15) is 4.79 Å². The lowest BCUT2D eigenvalue weighted by Gasteiger charge is -2.35. The molecule has 1 heterocycles. The molecule has 2 rings (SSSR count). The summed E-state index contributed by atoms with van der Waals surface area (Å²) in [5.74, 6) is -0.146. The first kappa shape index (κ1) is 13.8. The van der Waals surface area contributed by atoms with Crippen LogP contribution in [-0.4, -0.2) is 23.5 Å². The molecule has 0 spiro atoms. The molecular formula is C13H18ClNO2S. The molecule has 0 aliphatic heterocycles. The van der Waals surface area contributed by atoms with E-state index in [4.69, 9.17) is 16.0 Å². The van der Waals surface area contributed by atoms with Crippen LogP contribution >= 0.6 is 23.4 Å². The first-order valence-corrected chi connectivity index (χ1v) is 7.83. The Morgan fingerprint density at radius 1 is 1.50 bits per heavy atom. The Hall–Kier alpha value is -0.610. The summed E-state index contributed by atoms with van der Waals surface area (Å²) in [4.78, 5) is 12.0. The average molecular weight is 288 g/mol. The van der Waals surface area contributed by atoms with E-state index >= 15 is 0 Å². The third kappa shape index (κ3) is 3.04. The number of nitrogens with one attached hydrogen (secondary N) is 1. The number of hydrogen-bond donors (Lipinski definition) is 1. The van der Waals surface area contributed by atoms with Crippen molar-refractivity contribution in [3.8, 4) is 0 Å². The van der Waals surface area contributed by atoms with Gasteiger partial charge in [0.05, 0.1) is 11.8 Å². The minimum absolute atomic E-state index is 0.146. The topological polar surface area (TPSA) is 42.2 Å². The molecule has 0 saturated heterocycles. The van der Waals surface area contributed by atoms with Crippen LogP contribution in [0.25, 0.3) is 0 Å². The van der Waals surface area contributed by atoms with Gasteiger partial charge < -0.3 is 9.73 Å². The van der Waals surface area contributed by atoms with Crippen LogP contribution in [0.4, 0.5) is 0 Å². The highest BCUT2D eigenvalue weighted by atomic mass is 35.5. The number of thioether (sulfide) groups is 1. The molecule has 1 N–H and O–H groups in total. The maximum Gasteiger partial charge on any atom is 0.256 e. The Morgan fingerprint density at radius 3 is 2.78 bits per heavy atom. The standard InChI is InChI=1S/C13H18ClNO2S/c1-18-13(6-3-2-4-7-13)9-15-12(16)10-5-8-17-11(10)14/h5,8H,2-4,6-7,9H2,1H3,(H,15,16). The Morgan fingerprint density at radius 2 is 2.22 bits per heavy atom. The van der Waals surface area contributed by atoms with E-state index in [1.165, 1.54) is 38.4 Å². The highest BCUT2D eigenvalue weighted by Gasteiger charge is 2.31. The van der Waals surface area contributed by atoms with Crippen molar-refractivity contribution < 1.29 is 9.21 Å². The molecule has 5 heteroatoms. The summed E-state index contributed by atoms with van der Waals surface area (Å²) in [5, 5.41) is 3.14. The molecule has 1 saturated carbocycles. The van der Waals surface area contributed by atoms with Crippen LogP contribution in [0, 0.1) is 0 Å². The fraction of sp³-hybridized carbons (Fsp3) is 0.615. The maximum atomic E-state index is 12.0. The zero-order chi connectivity index (χ0) is 13.0. The lowest BCUT2D eigenvalue weighted by atomic mass is 9.88. The summed E-state index contributed by atoms with van der Waals surface area (Å²) in [6, 6.07) is 1.60. The van der Waals surface area contributed by atoms with E-state index in [0.29, 0.717) is 12.1 Å². The average Bonchev–Trinajstić information content (AvgIpc) is 2.83. The summed E-state index contributed by atoms with van der Waals surface area (Å²) in [5.41, 5.74) is 0.420. The fourth-order valence-electron chi connectivity index (χ4n) is 2.44. The Bertz CT molecular complexity index is 413. The SMILES string of the molecule is CSC1(CNC(=O)c2ccoc2Cl)CCCCC1. The smallest absolute Gasteiger partial charge is 0.256 e. The summed E-state index contributed by atoms with van der Waals surface area (Å²) in [6.07, 6.45) is 9.72. The van der Waals surface area contributed by atoms with E-state index < -0.39 is 0 Å². The molecule has 0 atom stereocenters. The number of halogens is 1. The number of carbonyl (C=O) groups excluding carboxylic acids is 1. The molecule has 1 aromatic rings. The number of rotatable bonds is 4. The van der Waals surface area contributed by atoms with Crippen molar-refractivity contribution in [2.45, 2.75) is 36.9 Å². The van der Waals surface area contributed by atoms with Crippen LogP contribution in [0.1, 0.15) is 42.5 Å². The van der Waals surface area contributed by atoms with Gasteiger partial charge in [-0.1, -0.05) is 19.3 Å². The van der Waals surface area contributed by atoms with Crippen LogP contribution < -0.4 is 5.32 Å². The van der Waals surface area contributed by atoms with Crippen molar-refractivity contribution in [2.24, 2.45) is 0 Å². The van der Waals surface area contributed by atoms with Gasteiger partial charge in [-0.3, -0.25) is 4.79 Å². The number of furan rings is 1. The summed E-state index contributed by atoms with van der Waals surface area (Å²) < 4.78 is 5.13. The molecule has 100 valence electrons. The molecule has 1 fully saturated rings. The summed E-state index contributed by atoms with van der Waals surface area (Å²) in [7, 11) is 0. The monoisotopic (exact) mass is 287 g/mol. The number of amides is 1. The van der Waals surface area contributed by atoms with Gasteiger partial charge in [-0.25, -0.2) is 0 Å². The molecule has 0 unspecified atom stereocenters. The first-order chi connectivity index (χ1) is 8.67. The largest absolute Gasteiger partial charge is 0.452 e. The molecule has 1 aliphatic rings. The van der Waals surface area contributed by atoms with Gasteiger partial charge in [0.25, 0.3) is 5.91 Å². The molecule has 1 aliphatic carbocycles. The zero-order valence-electron chi connectivity index (χ0n) is 10.5. The maximum absolute atomic E-state index is 12.0. The van der Waals surface area contributed by atoms with Gasteiger partial charge in [0.1, 0.15) is 0 Å². The van der Waals surface area contributed by atoms with Crippen molar-refractivity contribution >= 4 is 29.3 Å². The second kappa shape index (κ2) is 6.02. The molecule has 3 nitrogen and oxygen atoms in total. The third-order valence-electron chi connectivity index (χ3n) is 3.63. The quantitative estimate of drug-likeness (QED) is 0.917. The minimum Gasteiger partial charge on any atom is -0.452 e. The molecule has 18 heavy (non-hydrogen) atoms. The van der Waals surface area contributed by atoms with Gasteiger partial charge in [0, 0.05) is 11.3 Å². The van der Waals surface area contributed by atoms with Crippen molar-refractivity contribution in [3.63, 3.8) is 0 Å². The van der Waals surface area contributed by atoms with Crippen LogP contribution in [-0.2, 0) is 0 Å². The van der Waals surface area contributed by atoms with E-state index in [0.717, 1.165) is 0 Å². The Labute approximate surface area is 117 Å². The summed E-state index contributed by atoms with van der Waals surface area (Å²) >= 11 is 7.66. The van der Waals surface area contributed by atoms with Crippen LogP contribution in [0.3, 0.4) is 0 Å². The predicted octanol–water partition coefficient (Wildman–Crippen LogP) is 3.73. The number of hydrogen-bond acceptors (Lipinski definition) is 3. The lowest BCUT2D eigenvalue weighted by molar-refractivity contribution is 0.0946. The van der Waals surface area contributed by atoms with Crippen molar-refractivity contribution in [3.05, 3.63) is 23.1 Å². The lowest BCUT2D eigenvalue weighted by Crippen LogP contribution is -2.41. The van der Waals surface area contributed by atoms with Gasteiger partial charge >= 0.3 is 0 Å². The Kier molecular flexibility index (Phi) is 4.62. The normalized spacial score (nSPS) is 18.6. The van der Waals surface area contributed by atoms with Crippen LogP contribution in [0.5, 0.6) is 0 Å². The third-order valence-corrected chi connectivity index (χ3v) is 5.34. The van der Waals surface area contributed by atoms with Gasteiger partial charge in [-0.15, -0.1) is 0 Å². The second-order valence-electron chi connectivity index (χ2n) is 4.74. The van der Waals surface area contributed by atoms with Crippen molar-refractivity contribution in [2.75, 3.05) is 12.8 Å². The van der Waals surface area contributed by atoms with Gasteiger partial charge in [0.15, 0.2) is 0 Å². The van der Waals surface area contributed by atoms with Crippen molar-refractivity contribution in [1.82, 2.24) is 5.32 Å². The van der Waals surface area contributed by atoms with Gasteiger partial charge in [0.2, 0.25) is 5.22 Å². The molecule has 0 aromatic carbocycles. The van der Waals surface area contributed by atoms with Gasteiger partial charge in [-0.05, 0) is 36.8 Å². The molecule has 1 amide bonds. The summed E-state index contributed by atoms with van der Waals surface area (Å²) in [6.45, 7) is 0.703. The fourth-order valence-corrected chi connectivity index (χ4v) is 3.56. The van der Waals surface area contributed by atoms with E-state index in [2.05, 4.69) is 11.6 Å². The van der Waals surface area contributed by atoms with E-state index in [-0.39, 0.29) is 15.9 Å². The molecular weight excluding hydrogens is 270 g/mol. The second-order valence-corrected chi connectivity index (χ2v) is 6.36. The van der Waals surface area contributed by atoms with Crippen LogP contribution in [0.15, 0.2) is 16.7 Å². The van der Waals surface area contributed by atoms with E-state index in [1.807, 2.05) is 11.8 Å². The first-order valence-electron chi connectivity index (χ1n) is 6.23. The highest BCUT2D eigenvalue weighted by molar-refractivity contribution is 8.00. The van der Waals surface area contributed by atoms with Crippen molar-refractivity contribution in [1.29, 1.82) is 0 Å². The minimum atomic E-state index is -0.146. The molecule has 0 bridgehead atoms. The highest BCUT2D eigenvalue weighted by Crippen LogP contribution is 2.38. The molecule has 1 aromatic heterocycles.